The summed E-state index contributed by atoms with van der Waals surface area (Å²) in [7, 11) is 0. The highest BCUT2D eigenvalue weighted by molar-refractivity contribution is 7.10. The summed E-state index contributed by atoms with van der Waals surface area (Å²) >= 11 is 1.68. The van der Waals surface area contributed by atoms with Gasteiger partial charge in [-0.05, 0) is 29.1 Å². The van der Waals surface area contributed by atoms with E-state index in [2.05, 4.69) is 5.32 Å². The van der Waals surface area contributed by atoms with Gasteiger partial charge in [-0.3, -0.25) is 4.79 Å². The zero-order valence-electron chi connectivity index (χ0n) is 10.0. The van der Waals surface area contributed by atoms with Crippen molar-refractivity contribution in [3.05, 3.63) is 40.1 Å². The van der Waals surface area contributed by atoms with E-state index >= 15 is 0 Å². The van der Waals surface area contributed by atoms with Crippen molar-refractivity contribution in [1.29, 1.82) is 0 Å². The lowest BCUT2D eigenvalue weighted by molar-refractivity contribution is -0.116. The van der Waals surface area contributed by atoms with E-state index in [1.165, 1.54) is 4.88 Å². The molecule has 0 saturated heterocycles. The third-order valence-electron chi connectivity index (χ3n) is 3.47. The van der Waals surface area contributed by atoms with Crippen molar-refractivity contribution < 1.29 is 14.3 Å². The van der Waals surface area contributed by atoms with Crippen LogP contribution in [0.3, 0.4) is 0 Å². The minimum Gasteiger partial charge on any atom is -0.454 e. The predicted octanol–water partition coefficient (Wildman–Crippen LogP) is 2.95. The number of benzene rings is 1. The lowest BCUT2D eigenvalue weighted by atomic mass is 9.90. The Balaban J connectivity index is 1.79. The van der Waals surface area contributed by atoms with E-state index in [1.54, 1.807) is 11.3 Å². The molecule has 1 aromatic carbocycles. The van der Waals surface area contributed by atoms with Crippen LogP contribution >= 0.6 is 11.3 Å². The average molecular weight is 273 g/mol. The predicted molar refractivity (Wildman–Crippen MR) is 72.0 cm³/mol. The van der Waals surface area contributed by atoms with Gasteiger partial charge >= 0.3 is 0 Å². The number of anilines is 1. The first-order chi connectivity index (χ1) is 9.31. The summed E-state index contributed by atoms with van der Waals surface area (Å²) in [4.78, 5) is 13.0. The molecule has 4 nitrogen and oxygen atoms in total. The maximum atomic E-state index is 11.8. The highest BCUT2D eigenvalue weighted by Crippen LogP contribution is 2.43. The summed E-state index contributed by atoms with van der Waals surface area (Å²) in [5, 5.41) is 4.92. The number of rotatable bonds is 1. The van der Waals surface area contributed by atoms with E-state index in [4.69, 9.17) is 9.47 Å². The molecule has 3 heterocycles. The van der Waals surface area contributed by atoms with E-state index < -0.39 is 0 Å². The van der Waals surface area contributed by atoms with Gasteiger partial charge in [0.2, 0.25) is 12.7 Å². The molecule has 1 amide bonds. The third-order valence-corrected chi connectivity index (χ3v) is 4.50. The largest absolute Gasteiger partial charge is 0.454 e. The van der Waals surface area contributed by atoms with Crippen LogP contribution in [0.25, 0.3) is 0 Å². The van der Waals surface area contributed by atoms with Crippen molar-refractivity contribution in [2.24, 2.45) is 0 Å². The maximum absolute atomic E-state index is 11.8. The van der Waals surface area contributed by atoms with Gasteiger partial charge in [0, 0.05) is 17.2 Å². The Labute approximate surface area is 114 Å². The number of hydrogen-bond acceptors (Lipinski definition) is 4. The fraction of sp³-hybridized carbons (Fsp3) is 0.214. The first-order valence-electron chi connectivity index (χ1n) is 6.08. The first kappa shape index (κ1) is 10.9. The molecule has 0 aliphatic carbocycles. The van der Waals surface area contributed by atoms with Crippen LogP contribution in [-0.4, -0.2) is 12.7 Å². The van der Waals surface area contributed by atoms with Crippen LogP contribution in [-0.2, 0) is 4.79 Å². The monoisotopic (exact) mass is 273 g/mol. The molecule has 0 saturated carbocycles. The second-order valence-corrected chi connectivity index (χ2v) is 5.56. The smallest absolute Gasteiger partial charge is 0.231 e. The van der Waals surface area contributed by atoms with E-state index in [0.29, 0.717) is 6.42 Å². The fourth-order valence-corrected chi connectivity index (χ4v) is 3.55. The van der Waals surface area contributed by atoms with Gasteiger partial charge in [-0.2, -0.15) is 0 Å². The zero-order chi connectivity index (χ0) is 12.8. The van der Waals surface area contributed by atoms with Crippen molar-refractivity contribution in [2.75, 3.05) is 12.1 Å². The molecule has 2 aliphatic rings. The summed E-state index contributed by atoms with van der Waals surface area (Å²) in [5.41, 5.74) is 2.03. The molecule has 5 heteroatoms. The molecular formula is C14H11NO3S. The minimum absolute atomic E-state index is 0.0635. The van der Waals surface area contributed by atoms with Crippen LogP contribution in [0.1, 0.15) is 22.8 Å². The molecule has 2 aromatic rings. The first-order valence-corrected chi connectivity index (χ1v) is 6.96. The van der Waals surface area contributed by atoms with E-state index in [9.17, 15) is 4.79 Å². The molecule has 19 heavy (non-hydrogen) atoms. The van der Waals surface area contributed by atoms with Gasteiger partial charge in [0.15, 0.2) is 11.5 Å². The van der Waals surface area contributed by atoms with Gasteiger partial charge in [-0.1, -0.05) is 6.07 Å². The Bertz CT molecular complexity index is 664. The quantitative estimate of drug-likeness (QED) is 0.869. The molecule has 1 atom stereocenters. The van der Waals surface area contributed by atoms with Crippen LogP contribution < -0.4 is 14.8 Å². The number of nitrogens with one attached hydrogen (secondary N) is 1. The molecule has 1 N–H and O–H groups in total. The Kier molecular flexibility index (Phi) is 2.29. The Morgan fingerprint density at radius 3 is 3.05 bits per heavy atom. The summed E-state index contributed by atoms with van der Waals surface area (Å²) in [6, 6.07) is 7.86. The molecule has 0 unspecified atom stereocenters. The Morgan fingerprint density at radius 1 is 1.21 bits per heavy atom. The van der Waals surface area contributed by atoms with Gasteiger partial charge in [0.05, 0.1) is 5.69 Å². The van der Waals surface area contributed by atoms with Crippen LogP contribution in [0, 0.1) is 0 Å². The van der Waals surface area contributed by atoms with Crippen molar-refractivity contribution in [2.45, 2.75) is 12.3 Å². The molecule has 0 radical (unpaired) electrons. The summed E-state index contributed by atoms with van der Waals surface area (Å²) in [5.74, 6) is 1.71. The number of amides is 1. The van der Waals surface area contributed by atoms with Gasteiger partial charge in [-0.15, -0.1) is 11.3 Å². The number of thiophene rings is 1. The van der Waals surface area contributed by atoms with Crippen molar-refractivity contribution >= 4 is 22.9 Å². The van der Waals surface area contributed by atoms with Gasteiger partial charge in [0.1, 0.15) is 0 Å². The molecule has 1 aromatic heterocycles. The highest BCUT2D eigenvalue weighted by Gasteiger charge is 2.28. The second-order valence-electron chi connectivity index (χ2n) is 4.62. The molecule has 2 aliphatic heterocycles. The van der Waals surface area contributed by atoms with Gasteiger partial charge in [-0.25, -0.2) is 0 Å². The number of fused-ring (bicyclic) bond motifs is 2. The minimum atomic E-state index is 0.0635. The molecular weight excluding hydrogens is 262 g/mol. The molecule has 0 bridgehead atoms. The molecule has 96 valence electrons. The van der Waals surface area contributed by atoms with Crippen molar-refractivity contribution in [3.8, 4) is 11.5 Å². The average Bonchev–Trinajstić information content (AvgIpc) is 3.04. The number of carbonyl (C=O) groups is 1. The molecule has 4 rings (SSSR count). The van der Waals surface area contributed by atoms with E-state index in [1.807, 2.05) is 29.6 Å². The van der Waals surface area contributed by atoms with E-state index in [0.717, 1.165) is 22.7 Å². The van der Waals surface area contributed by atoms with Crippen molar-refractivity contribution in [1.82, 2.24) is 0 Å². The van der Waals surface area contributed by atoms with Gasteiger partial charge < -0.3 is 14.8 Å². The number of ether oxygens (including phenoxy) is 2. The number of carbonyl (C=O) groups excluding carboxylic acids is 1. The summed E-state index contributed by atoms with van der Waals surface area (Å²) in [6.45, 7) is 0.272. The summed E-state index contributed by atoms with van der Waals surface area (Å²) in [6.07, 6.45) is 0.479. The standard InChI is InChI=1S/C14H11NO3S/c16-13-6-9(14-10(15-13)3-4-19-14)8-1-2-11-12(5-8)18-7-17-11/h1-5,9H,6-7H2,(H,15,16)/t9-/m1/s1. The Morgan fingerprint density at radius 2 is 2.11 bits per heavy atom. The Hall–Kier alpha value is -2.01. The van der Waals surface area contributed by atoms with Crippen LogP contribution in [0.15, 0.2) is 29.6 Å². The fourth-order valence-electron chi connectivity index (χ4n) is 2.57. The second kappa shape index (κ2) is 3.99. The van der Waals surface area contributed by atoms with E-state index in [-0.39, 0.29) is 18.6 Å². The van der Waals surface area contributed by atoms with Crippen LogP contribution in [0.5, 0.6) is 11.5 Å². The number of hydrogen-bond donors (Lipinski definition) is 1. The lowest BCUT2D eigenvalue weighted by Gasteiger charge is -2.23. The molecule has 0 spiro atoms. The van der Waals surface area contributed by atoms with Crippen molar-refractivity contribution in [3.63, 3.8) is 0 Å². The SMILES string of the molecule is O=C1C[C@H](c2ccc3c(c2)OCO3)c2sccc2N1. The zero-order valence-corrected chi connectivity index (χ0v) is 10.8. The maximum Gasteiger partial charge on any atom is 0.231 e. The summed E-state index contributed by atoms with van der Waals surface area (Å²) < 4.78 is 10.7. The molecule has 0 fully saturated rings. The topological polar surface area (TPSA) is 47.6 Å². The normalized spacial score (nSPS) is 20.0. The van der Waals surface area contributed by atoms with Crippen LogP contribution in [0.4, 0.5) is 5.69 Å². The third kappa shape index (κ3) is 1.69. The van der Waals surface area contributed by atoms with Crippen LogP contribution in [0.2, 0.25) is 0 Å². The van der Waals surface area contributed by atoms with Gasteiger partial charge in [0.25, 0.3) is 0 Å². The lowest BCUT2D eigenvalue weighted by Crippen LogP contribution is -2.21. The highest BCUT2D eigenvalue weighted by atomic mass is 32.1.